The Hall–Kier alpha value is -1.58. The Balaban J connectivity index is 2.45. The van der Waals surface area contributed by atoms with Gasteiger partial charge in [0, 0.05) is 5.41 Å². The van der Waals surface area contributed by atoms with E-state index >= 15 is 0 Å². The average Bonchev–Trinajstić information content (AvgIpc) is 2.55. The zero-order valence-electron chi connectivity index (χ0n) is 8.57. The molecule has 1 N–H and O–H groups in total. The summed E-state index contributed by atoms with van der Waals surface area (Å²) < 4.78 is 5.00. The van der Waals surface area contributed by atoms with E-state index in [1.54, 1.807) is 18.4 Å². The highest BCUT2D eigenvalue weighted by Crippen LogP contribution is 2.11. The predicted octanol–water partition coefficient (Wildman–Crippen LogP) is 1.78. The first-order chi connectivity index (χ1) is 6.50. The summed E-state index contributed by atoms with van der Waals surface area (Å²) in [5.41, 5.74) is 2.00. The van der Waals surface area contributed by atoms with Gasteiger partial charge in [-0.05, 0) is 12.1 Å². The quantitative estimate of drug-likeness (QED) is 0.576. The van der Waals surface area contributed by atoms with Crippen molar-refractivity contribution < 1.29 is 9.21 Å². The molecule has 1 rings (SSSR count). The standard InChI is InChI=1S/C10H14N2O2/c1-10(2,3)9(13)12-11-7-8-5-4-6-14-8/h4-7H,1-3H3,(H,12,13)/b11-7+. The van der Waals surface area contributed by atoms with E-state index in [1.807, 2.05) is 20.8 Å². The molecule has 0 aliphatic carbocycles. The SMILES string of the molecule is CC(C)(C)C(=O)N/N=C/c1ccco1. The lowest BCUT2D eigenvalue weighted by Gasteiger charge is -2.14. The summed E-state index contributed by atoms with van der Waals surface area (Å²) >= 11 is 0. The maximum absolute atomic E-state index is 11.3. The Morgan fingerprint density at radius 1 is 1.57 bits per heavy atom. The number of nitrogens with zero attached hydrogens (tertiary/aromatic N) is 1. The molecule has 1 aromatic rings. The number of carbonyl (C=O) groups is 1. The van der Waals surface area contributed by atoms with Crippen LogP contribution >= 0.6 is 0 Å². The van der Waals surface area contributed by atoms with Crippen LogP contribution in [0.1, 0.15) is 26.5 Å². The zero-order valence-corrected chi connectivity index (χ0v) is 8.57. The molecule has 0 saturated heterocycles. The van der Waals surface area contributed by atoms with Crippen molar-refractivity contribution in [2.75, 3.05) is 0 Å². The van der Waals surface area contributed by atoms with Crippen LogP contribution in [0.15, 0.2) is 27.9 Å². The molecule has 0 aromatic carbocycles. The molecule has 1 heterocycles. The van der Waals surface area contributed by atoms with E-state index in [9.17, 15) is 4.79 Å². The number of hydrogen-bond donors (Lipinski definition) is 1. The van der Waals surface area contributed by atoms with Crippen LogP contribution in [-0.2, 0) is 4.79 Å². The second-order valence-electron chi connectivity index (χ2n) is 3.96. The second kappa shape index (κ2) is 4.09. The Morgan fingerprint density at radius 2 is 2.29 bits per heavy atom. The maximum Gasteiger partial charge on any atom is 0.245 e. The minimum atomic E-state index is -0.430. The fourth-order valence-corrected chi connectivity index (χ4v) is 0.687. The van der Waals surface area contributed by atoms with Gasteiger partial charge in [0.2, 0.25) is 5.91 Å². The van der Waals surface area contributed by atoms with E-state index in [-0.39, 0.29) is 5.91 Å². The predicted molar refractivity (Wildman–Crippen MR) is 53.9 cm³/mol. The molecule has 0 atom stereocenters. The van der Waals surface area contributed by atoms with Gasteiger partial charge in [-0.3, -0.25) is 4.79 Å². The molecule has 0 radical (unpaired) electrons. The fraction of sp³-hybridized carbons (Fsp3) is 0.400. The van der Waals surface area contributed by atoms with Crippen molar-refractivity contribution in [3.8, 4) is 0 Å². The summed E-state index contributed by atoms with van der Waals surface area (Å²) in [6.45, 7) is 5.47. The summed E-state index contributed by atoms with van der Waals surface area (Å²) in [5.74, 6) is 0.486. The van der Waals surface area contributed by atoms with Crippen LogP contribution in [0, 0.1) is 5.41 Å². The first-order valence-corrected chi connectivity index (χ1v) is 4.37. The fourth-order valence-electron chi connectivity index (χ4n) is 0.687. The molecule has 0 bridgehead atoms. The van der Waals surface area contributed by atoms with E-state index in [1.165, 1.54) is 6.21 Å². The molecule has 4 nitrogen and oxygen atoms in total. The van der Waals surface area contributed by atoms with Gasteiger partial charge in [-0.1, -0.05) is 20.8 Å². The minimum absolute atomic E-state index is 0.125. The van der Waals surface area contributed by atoms with Gasteiger partial charge in [0.1, 0.15) is 5.76 Å². The summed E-state index contributed by atoms with van der Waals surface area (Å²) in [6.07, 6.45) is 3.01. The molecular weight excluding hydrogens is 180 g/mol. The Labute approximate surface area is 83.0 Å². The highest BCUT2D eigenvalue weighted by Gasteiger charge is 2.20. The van der Waals surface area contributed by atoms with Crippen molar-refractivity contribution in [3.05, 3.63) is 24.2 Å². The van der Waals surface area contributed by atoms with Crippen LogP contribution in [0.4, 0.5) is 0 Å². The first-order valence-electron chi connectivity index (χ1n) is 4.37. The van der Waals surface area contributed by atoms with Crippen LogP contribution in [-0.4, -0.2) is 12.1 Å². The lowest BCUT2D eigenvalue weighted by atomic mass is 9.96. The number of amides is 1. The highest BCUT2D eigenvalue weighted by molar-refractivity contribution is 5.83. The number of nitrogens with one attached hydrogen (secondary N) is 1. The summed E-state index contributed by atoms with van der Waals surface area (Å²) in [7, 11) is 0. The van der Waals surface area contributed by atoms with Crippen LogP contribution in [0.25, 0.3) is 0 Å². The molecule has 0 aliphatic heterocycles. The topological polar surface area (TPSA) is 54.6 Å². The molecule has 0 saturated carbocycles. The summed E-state index contributed by atoms with van der Waals surface area (Å²) in [6, 6.07) is 3.51. The van der Waals surface area contributed by atoms with Crippen molar-refractivity contribution in [1.82, 2.24) is 5.43 Å². The maximum atomic E-state index is 11.3. The second-order valence-corrected chi connectivity index (χ2v) is 3.96. The smallest absolute Gasteiger partial charge is 0.245 e. The lowest BCUT2D eigenvalue weighted by molar-refractivity contribution is -0.128. The van der Waals surface area contributed by atoms with Crippen molar-refractivity contribution in [1.29, 1.82) is 0 Å². The van der Waals surface area contributed by atoms with Gasteiger partial charge >= 0.3 is 0 Å². The minimum Gasteiger partial charge on any atom is -0.463 e. The van der Waals surface area contributed by atoms with Crippen LogP contribution < -0.4 is 5.43 Å². The average molecular weight is 194 g/mol. The van der Waals surface area contributed by atoms with E-state index in [0.717, 1.165) is 0 Å². The molecule has 76 valence electrons. The molecule has 0 aliphatic rings. The molecule has 1 amide bonds. The lowest BCUT2D eigenvalue weighted by Crippen LogP contribution is -2.31. The van der Waals surface area contributed by atoms with Gasteiger partial charge in [-0.25, -0.2) is 5.43 Å². The van der Waals surface area contributed by atoms with Crippen molar-refractivity contribution in [2.45, 2.75) is 20.8 Å². The number of furan rings is 1. The number of hydrogen-bond acceptors (Lipinski definition) is 3. The monoisotopic (exact) mass is 194 g/mol. The van der Waals surface area contributed by atoms with Gasteiger partial charge < -0.3 is 4.42 Å². The highest BCUT2D eigenvalue weighted by atomic mass is 16.3. The molecule has 0 unspecified atom stereocenters. The summed E-state index contributed by atoms with van der Waals surface area (Å²) in [5, 5.41) is 3.76. The third-order valence-electron chi connectivity index (χ3n) is 1.58. The van der Waals surface area contributed by atoms with Gasteiger partial charge in [0.15, 0.2) is 0 Å². The Bertz CT molecular complexity index is 320. The Kier molecular flexibility index (Phi) is 3.06. The Morgan fingerprint density at radius 3 is 2.79 bits per heavy atom. The first kappa shape index (κ1) is 10.5. The number of hydrazone groups is 1. The molecule has 1 aromatic heterocycles. The molecule has 0 spiro atoms. The summed E-state index contributed by atoms with van der Waals surface area (Å²) in [4.78, 5) is 11.3. The normalized spacial score (nSPS) is 11.9. The van der Waals surface area contributed by atoms with Gasteiger partial charge in [0.25, 0.3) is 0 Å². The van der Waals surface area contributed by atoms with E-state index in [4.69, 9.17) is 4.42 Å². The van der Waals surface area contributed by atoms with Crippen LogP contribution in [0.2, 0.25) is 0 Å². The van der Waals surface area contributed by atoms with Crippen LogP contribution in [0.5, 0.6) is 0 Å². The van der Waals surface area contributed by atoms with Gasteiger partial charge in [-0.2, -0.15) is 5.10 Å². The third-order valence-corrected chi connectivity index (χ3v) is 1.58. The largest absolute Gasteiger partial charge is 0.463 e. The van der Waals surface area contributed by atoms with Gasteiger partial charge in [0.05, 0.1) is 12.5 Å². The molecule has 4 heteroatoms. The van der Waals surface area contributed by atoms with E-state index < -0.39 is 5.41 Å². The zero-order chi connectivity index (χ0) is 10.6. The van der Waals surface area contributed by atoms with Gasteiger partial charge in [-0.15, -0.1) is 0 Å². The van der Waals surface area contributed by atoms with E-state index in [0.29, 0.717) is 5.76 Å². The van der Waals surface area contributed by atoms with Crippen LogP contribution in [0.3, 0.4) is 0 Å². The van der Waals surface area contributed by atoms with E-state index in [2.05, 4.69) is 10.5 Å². The van der Waals surface area contributed by atoms with Crippen molar-refractivity contribution in [3.63, 3.8) is 0 Å². The third kappa shape index (κ3) is 3.05. The molecule has 14 heavy (non-hydrogen) atoms. The van der Waals surface area contributed by atoms with Crippen molar-refractivity contribution >= 4 is 12.1 Å². The molecule has 0 fully saturated rings. The number of carbonyl (C=O) groups excluding carboxylic acids is 1. The number of rotatable bonds is 2. The molecular formula is C10H14N2O2. The van der Waals surface area contributed by atoms with Crippen molar-refractivity contribution in [2.24, 2.45) is 10.5 Å².